The molecule has 2 aromatic carbocycles. The topological polar surface area (TPSA) is 38.1 Å². The molecule has 1 heterocycles. The number of aromatic nitrogens is 2. The van der Waals surface area contributed by atoms with Crippen LogP contribution in [0.2, 0.25) is 5.02 Å². The Morgan fingerprint density at radius 3 is 2.63 bits per heavy atom. The second-order valence-electron chi connectivity index (χ2n) is 8.54. The Labute approximate surface area is 184 Å². The van der Waals surface area contributed by atoms with Crippen molar-refractivity contribution in [1.29, 1.82) is 0 Å². The van der Waals surface area contributed by atoms with Crippen LogP contribution < -0.4 is 0 Å². The van der Waals surface area contributed by atoms with Gasteiger partial charge in [0.15, 0.2) is 0 Å². The first-order chi connectivity index (χ1) is 14.3. The number of carbonyl (C=O) groups is 1. The van der Waals surface area contributed by atoms with Gasteiger partial charge in [0.1, 0.15) is 5.82 Å². The van der Waals surface area contributed by atoms with E-state index in [1.807, 2.05) is 49.1 Å². The molecule has 0 saturated carbocycles. The van der Waals surface area contributed by atoms with Gasteiger partial charge < -0.3 is 9.47 Å². The van der Waals surface area contributed by atoms with Gasteiger partial charge in [0, 0.05) is 23.7 Å². The van der Waals surface area contributed by atoms with Crippen LogP contribution in [0.3, 0.4) is 0 Å². The summed E-state index contributed by atoms with van der Waals surface area (Å²) < 4.78 is 2.21. The van der Waals surface area contributed by atoms with Crippen molar-refractivity contribution in [2.24, 2.45) is 5.92 Å². The molecule has 160 valence electrons. The highest BCUT2D eigenvalue weighted by Crippen LogP contribution is 2.23. The lowest BCUT2D eigenvalue weighted by Gasteiger charge is -2.25. The highest BCUT2D eigenvalue weighted by atomic mass is 35.5. The van der Waals surface area contributed by atoms with Crippen molar-refractivity contribution >= 4 is 28.5 Å². The lowest BCUT2D eigenvalue weighted by molar-refractivity contribution is 0.0728. The van der Waals surface area contributed by atoms with Gasteiger partial charge in [-0.1, -0.05) is 50.1 Å². The monoisotopic (exact) mass is 425 g/mol. The number of hydrogen-bond donors (Lipinski definition) is 0. The normalized spacial score (nSPS) is 11.4. The van der Waals surface area contributed by atoms with Crippen LogP contribution in [-0.2, 0) is 13.1 Å². The lowest BCUT2D eigenvalue weighted by Crippen LogP contribution is -2.33. The van der Waals surface area contributed by atoms with Gasteiger partial charge in [0.05, 0.1) is 17.6 Å². The zero-order valence-electron chi connectivity index (χ0n) is 18.7. The number of nitrogens with zero attached hydrogens (tertiary/aromatic N) is 3. The number of carbonyl (C=O) groups excluding carboxylic acids is 1. The van der Waals surface area contributed by atoms with Crippen LogP contribution in [0.15, 0.2) is 36.4 Å². The molecule has 0 saturated heterocycles. The van der Waals surface area contributed by atoms with E-state index in [4.69, 9.17) is 16.6 Å². The fraction of sp³-hybridized carbons (Fsp3) is 0.440. The van der Waals surface area contributed by atoms with Gasteiger partial charge >= 0.3 is 0 Å². The molecule has 3 aromatic rings. The molecule has 0 radical (unpaired) electrons. The van der Waals surface area contributed by atoms with Gasteiger partial charge in [0.2, 0.25) is 0 Å². The van der Waals surface area contributed by atoms with E-state index in [9.17, 15) is 4.79 Å². The first-order valence-electron chi connectivity index (χ1n) is 10.8. The van der Waals surface area contributed by atoms with Crippen LogP contribution >= 0.6 is 11.6 Å². The molecule has 1 aromatic heterocycles. The van der Waals surface area contributed by atoms with Crippen molar-refractivity contribution in [2.45, 2.75) is 60.5 Å². The second-order valence-corrected chi connectivity index (χ2v) is 8.98. The van der Waals surface area contributed by atoms with E-state index in [-0.39, 0.29) is 5.91 Å². The van der Waals surface area contributed by atoms with E-state index in [2.05, 4.69) is 31.4 Å². The summed E-state index contributed by atoms with van der Waals surface area (Å²) in [6.07, 6.45) is 1.94. The van der Waals surface area contributed by atoms with Gasteiger partial charge in [-0.3, -0.25) is 4.79 Å². The quantitative estimate of drug-likeness (QED) is 0.418. The predicted octanol–water partition coefficient (Wildman–Crippen LogP) is 6.41. The summed E-state index contributed by atoms with van der Waals surface area (Å²) in [5.41, 5.74) is 4.84. The number of hydrogen-bond acceptors (Lipinski definition) is 2. The molecule has 0 aliphatic heterocycles. The van der Waals surface area contributed by atoms with Crippen molar-refractivity contribution in [1.82, 2.24) is 14.5 Å². The summed E-state index contributed by atoms with van der Waals surface area (Å²) in [6, 6.07) is 11.9. The Kier molecular flexibility index (Phi) is 7.19. The van der Waals surface area contributed by atoms with E-state index < -0.39 is 0 Å². The Bertz CT molecular complexity index is 1040. The van der Waals surface area contributed by atoms with E-state index in [0.717, 1.165) is 52.9 Å². The average molecular weight is 426 g/mol. The van der Waals surface area contributed by atoms with Crippen LogP contribution in [0.5, 0.6) is 0 Å². The number of fused-ring (bicyclic) bond motifs is 1. The summed E-state index contributed by atoms with van der Waals surface area (Å²) in [7, 11) is 0. The average Bonchev–Trinajstić information content (AvgIpc) is 3.03. The maximum absolute atomic E-state index is 13.5. The molecule has 0 aliphatic carbocycles. The summed E-state index contributed by atoms with van der Waals surface area (Å²) in [5, 5.41) is 0.703. The minimum atomic E-state index is 0.0741. The number of halogens is 1. The summed E-state index contributed by atoms with van der Waals surface area (Å²) in [5.74, 6) is 1.51. The highest BCUT2D eigenvalue weighted by Gasteiger charge is 2.21. The van der Waals surface area contributed by atoms with Gasteiger partial charge in [-0.2, -0.15) is 0 Å². The number of benzene rings is 2. The smallest absolute Gasteiger partial charge is 0.254 e. The third kappa shape index (κ3) is 5.04. The van der Waals surface area contributed by atoms with Gasteiger partial charge in [-0.05, 0) is 62.4 Å². The van der Waals surface area contributed by atoms with Gasteiger partial charge in [0.25, 0.3) is 5.91 Å². The first-order valence-corrected chi connectivity index (χ1v) is 11.2. The third-order valence-corrected chi connectivity index (χ3v) is 5.69. The largest absolute Gasteiger partial charge is 0.331 e. The third-order valence-electron chi connectivity index (χ3n) is 5.46. The summed E-state index contributed by atoms with van der Waals surface area (Å²) >= 11 is 6.25. The summed E-state index contributed by atoms with van der Waals surface area (Å²) in [6.45, 7) is 12.6. The maximum Gasteiger partial charge on any atom is 0.254 e. The minimum Gasteiger partial charge on any atom is -0.331 e. The molecule has 0 spiro atoms. The molecular formula is C25H32ClN3O. The fourth-order valence-electron chi connectivity index (χ4n) is 3.71. The SMILES string of the molecule is CCCn1c(CN(CCC(C)C)C(=O)c2cc(C)ccc2C)nc2ccc(Cl)cc21. The van der Waals surface area contributed by atoms with Crippen molar-refractivity contribution in [2.75, 3.05) is 6.54 Å². The lowest BCUT2D eigenvalue weighted by atomic mass is 10.0. The molecule has 5 heteroatoms. The Morgan fingerprint density at radius 2 is 1.93 bits per heavy atom. The molecule has 0 unspecified atom stereocenters. The summed E-state index contributed by atoms with van der Waals surface area (Å²) in [4.78, 5) is 20.4. The van der Waals surface area contributed by atoms with Crippen LogP contribution in [0.4, 0.5) is 0 Å². The molecule has 1 amide bonds. The Hall–Kier alpha value is -2.33. The Morgan fingerprint density at radius 1 is 1.17 bits per heavy atom. The molecule has 0 N–H and O–H groups in total. The second kappa shape index (κ2) is 9.65. The molecule has 30 heavy (non-hydrogen) atoms. The number of imidazole rings is 1. The maximum atomic E-state index is 13.5. The number of rotatable bonds is 8. The van der Waals surface area contributed by atoms with Gasteiger partial charge in [-0.15, -0.1) is 0 Å². The predicted molar refractivity (Wildman–Crippen MR) is 125 cm³/mol. The van der Waals surface area contributed by atoms with Crippen molar-refractivity contribution in [3.8, 4) is 0 Å². The van der Waals surface area contributed by atoms with Crippen LogP contribution in [0.1, 0.15) is 60.9 Å². The van der Waals surface area contributed by atoms with Crippen LogP contribution in [0, 0.1) is 19.8 Å². The molecule has 0 bridgehead atoms. The molecule has 0 fully saturated rings. The van der Waals surface area contributed by atoms with Crippen LogP contribution in [-0.4, -0.2) is 26.9 Å². The molecule has 0 aliphatic rings. The number of amides is 1. The van der Waals surface area contributed by atoms with E-state index >= 15 is 0 Å². The standard InChI is InChI=1S/C25H32ClN3O/c1-6-12-29-23-15-20(26)9-10-22(23)27-24(29)16-28(13-11-17(2)3)25(30)21-14-18(4)7-8-19(21)5/h7-10,14-15,17H,6,11-13,16H2,1-5H3. The molecule has 0 atom stereocenters. The van der Waals surface area contributed by atoms with Gasteiger partial charge in [-0.25, -0.2) is 4.98 Å². The zero-order chi connectivity index (χ0) is 21.8. The molecule has 4 nitrogen and oxygen atoms in total. The zero-order valence-corrected chi connectivity index (χ0v) is 19.5. The highest BCUT2D eigenvalue weighted by molar-refractivity contribution is 6.31. The molecular weight excluding hydrogens is 394 g/mol. The number of aryl methyl sites for hydroxylation is 3. The van der Waals surface area contributed by atoms with E-state index in [1.165, 1.54) is 0 Å². The first kappa shape index (κ1) is 22.4. The van der Waals surface area contributed by atoms with Crippen molar-refractivity contribution in [3.05, 3.63) is 63.9 Å². The van der Waals surface area contributed by atoms with E-state index in [1.54, 1.807) is 0 Å². The van der Waals surface area contributed by atoms with Crippen LogP contribution in [0.25, 0.3) is 11.0 Å². The minimum absolute atomic E-state index is 0.0741. The van der Waals surface area contributed by atoms with E-state index in [0.29, 0.717) is 24.0 Å². The van der Waals surface area contributed by atoms with Crippen molar-refractivity contribution < 1.29 is 4.79 Å². The van der Waals surface area contributed by atoms with Crippen molar-refractivity contribution in [3.63, 3.8) is 0 Å². The Balaban J connectivity index is 2.00. The molecule has 3 rings (SSSR count). The fourth-order valence-corrected chi connectivity index (χ4v) is 3.88.